The Labute approximate surface area is 192 Å². The Morgan fingerprint density at radius 3 is 2.33 bits per heavy atom. The van der Waals surface area contributed by atoms with Crippen LogP contribution < -0.4 is 19.1 Å². The fourth-order valence-corrected chi connectivity index (χ4v) is 4.66. The van der Waals surface area contributed by atoms with Gasteiger partial charge in [-0.2, -0.15) is 0 Å². The number of carbonyl (C=O) groups is 1. The predicted molar refractivity (Wildman–Crippen MR) is 125 cm³/mol. The van der Waals surface area contributed by atoms with E-state index in [9.17, 15) is 17.6 Å². The lowest BCUT2D eigenvalue weighted by Gasteiger charge is -2.23. The van der Waals surface area contributed by atoms with Gasteiger partial charge in [0.25, 0.3) is 15.9 Å². The molecule has 0 saturated carbocycles. The predicted octanol–water partition coefficient (Wildman–Crippen LogP) is 4.46. The van der Waals surface area contributed by atoms with E-state index >= 15 is 0 Å². The standard InChI is InChI=1S/C24H25FN2O5S/c1-4-27(19-8-6-5-7-9-19)33(29,30)21-14-15-23(31-3)22(16-21)26-24(28)17(2)32-20-12-10-18(25)11-13-20/h5-17H,4H2,1-3H3,(H,26,28). The summed E-state index contributed by atoms with van der Waals surface area (Å²) in [6.07, 6.45) is -0.933. The molecule has 0 bridgehead atoms. The number of hydrogen-bond donors (Lipinski definition) is 1. The molecule has 0 spiro atoms. The molecule has 0 radical (unpaired) electrons. The molecule has 1 amide bonds. The highest BCUT2D eigenvalue weighted by Crippen LogP contribution is 2.31. The van der Waals surface area contributed by atoms with Gasteiger partial charge in [-0.05, 0) is 68.4 Å². The minimum atomic E-state index is -3.90. The molecular weight excluding hydrogens is 447 g/mol. The lowest BCUT2D eigenvalue weighted by atomic mass is 10.2. The van der Waals surface area contributed by atoms with Gasteiger partial charge in [0.2, 0.25) is 0 Å². The van der Waals surface area contributed by atoms with Gasteiger partial charge in [0, 0.05) is 6.54 Å². The van der Waals surface area contributed by atoms with Crippen molar-refractivity contribution in [3.05, 3.63) is 78.6 Å². The van der Waals surface area contributed by atoms with Gasteiger partial charge >= 0.3 is 0 Å². The van der Waals surface area contributed by atoms with Crippen molar-refractivity contribution in [2.45, 2.75) is 24.8 Å². The van der Waals surface area contributed by atoms with Gasteiger partial charge in [-0.1, -0.05) is 18.2 Å². The molecule has 3 aromatic rings. The number of halogens is 1. The molecule has 3 aromatic carbocycles. The maximum Gasteiger partial charge on any atom is 0.265 e. The van der Waals surface area contributed by atoms with Gasteiger partial charge in [-0.15, -0.1) is 0 Å². The monoisotopic (exact) mass is 472 g/mol. The van der Waals surface area contributed by atoms with Crippen LogP contribution in [0.15, 0.2) is 77.7 Å². The van der Waals surface area contributed by atoms with Crippen molar-refractivity contribution >= 4 is 27.3 Å². The van der Waals surface area contributed by atoms with Crippen molar-refractivity contribution in [3.8, 4) is 11.5 Å². The molecule has 33 heavy (non-hydrogen) atoms. The van der Waals surface area contributed by atoms with Gasteiger partial charge in [0.1, 0.15) is 17.3 Å². The summed E-state index contributed by atoms with van der Waals surface area (Å²) < 4.78 is 51.8. The van der Waals surface area contributed by atoms with Crippen molar-refractivity contribution in [2.24, 2.45) is 0 Å². The maximum atomic E-state index is 13.3. The Bertz CT molecular complexity index is 1200. The zero-order valence-corrected chi connectivity index (χ0v) is 19.3. The molecule has 3 rings (SSSR count). The molecule has 1 atom stereocenters. The van der Waals surface area contributed by atoms with E-state index in [2.05, 4.69) is 5.32 Å². The smallest absolute Gasteiger partial charge is 0.265 e. The molecule has 1 N–H and O–H groups in total. The molecule has 0 heterocycles. The van der Waals surface area contributed by atoms with E-state index in [0.717, 1.165) is 0 Å². The average Bonchev–Trinajstić information content (AvgIpc) is 2.81. The van der Waals surface area contributed by atoms with E-state index in [0.29, 0.717) is 17.2 Å². The van der Waals surface area contributed by atoms with Crippen LogP contribution in [0.25, 0.3) is 0 Å². The molecule has 0 fully saturated rings. The fraction of sp³-hybridized carbons (Fsp3) is 0.208. The lowest BCUT2D eigenvalue weighted by molar-refractivity contribution is -0.122. The Hall–Kier alpha value is -3.59. The quantitative estimate of drug-likeness (QED) is 0.497. The summed E-state index contributed by atoms with van der Waals surface area (Å²) in [6, 6.07) is 18.3. The number of nitrogens with zero attached hydrogens (tertiary/aromatic N) is 1. The van der Waals surface area contributed by atoms with E-state index in [1.807, 2.05) is 0 Å². The lowest BCUT2D eigenvalue weighted by Crippen LogP contribution is -2.31. The second kappa shape index (κ2) is 10.4. The van der Waals surface area contributed by atoms with Crippen molar-refractivity contribution in [3.63, 3.8) is 0 Å². The molecular formula is C24H25FN2O5S. The van der Waals surface area contributed by atoms with Gasteiger partial charge in [-0.3, -0.25) is 9.10 Å². The van der Waals surface area contributed by atoms with Crippen LogP contribution in [0.3, 0.4) is 0 Å². The number of benzene rings is 3. The summed E-state index contributed by atoms with van der Waals surface area (Å²) in [4.78, 5) is 12.7. The van der Waals surface area contributed by atoms with Gasteiger partial charge in [0.15, 0.2) is 6.10 Å². The van der Waals surface area contributed by atoms with Crippen molar-refractivity contribution in [1.29, 1.82) is 0 Å². The third-order valence-corrected chi connectivity index (χ3v) is 6.74. The summed E-state index contributed by atoms with van der Waals surface area (Å²) in [5, 5.41) is 2.66. The van der Waals surface area contributed by atoms with Crippen molar-refractivity contribution in [1.82, 2.24) is 0 Å². The van der Waals surface area contributed by atoms with Crippen LogP contribution in [0, 0.1) is 5.82 Å². The first-order valence-corrected chi connectivity index (χ1v) is 11.7. The number of rotatable bonds is 9. The highest BCUT2D eigenvalue weighted by atomic mass is 32.2. The van der Waals surface area contributed by atoms with Crippen LogP contribution in [-0.2, 0) is 14.8 Å². The van der Waals surface area contributed by atoms with Crippen LogP contribution in [0.4, 0.5) is 15.8 Å². The van der Waals surface area contributed by atoms with Crippen LogP contribution >= 0.6 is 0 Å². The first-order valence-electron chi connectivity index (χ1n) is 10.2. The van der Waals surface area contributed by atoms with Crippen LogP contribution in [0.2, 0.25) is 0 Å². The fourth-order valence-electron chi connectivity index (χ4n) is 3.16. The van der Waals surface area contributed by atoms with E-state index in [1.54, 1.807) is 37.3 Å². The minimum absolute atomic E-state index is 0.00332. The number of hydrogen-bond acceptors (Lipinski definition) is 5. The molecule has 174 valence electrons. The van der Waals surface area contributed by atoms with Crippen LogP contribution in [0.5, 0.6) is 11.5 Å². The number of amides is 1. The van der Waals surface area contributed by atoms with Crippen LogP contribution in [-0.4, -0.2) is 34.1 Å². The Morgan fingerprint density at radius 2 is 1.73 bits per heavy atom. The number of para-hydroxylation sites is 1. The Morgan fingerprint density at radius 1 is 1.06 bits per heavy atom. The summed E-state index contributed by atoms with van der Waals surface area (Å²) in [7, 11) is -2.48. The van der Waals surface area contributed by atoms with Gasteiger partial charge in [-0.25, -0.2) is 12.8 Å². The summed E-state index contributed by atoms with van der Waals surface area (Å²) in [5.41, 5.74) is 0.713. The molecule has 7 nitrogen and oxygen atoms in total. The molecule has 0 saturated heterocycles. The summed E-state index contributed by atoms with van der Waals surface area (Å²) in [6.45, 7) is 3.49. The molecule has 9 heteroatoms. The third-order valence-electron chi connectivity index (χ3n) is 4.84. The zero-order chi connectivity index (χ0) is 24.0. The second-order valence-corrected chi connectivity index (χ2v) is 8.93. The van der Waals surface area contributed by atoms with Crippen molar-refractivity contribution < 1.29 is 27.1 Å². The van der Waals surface area contributed by atoms with E-state index in [1.165, 1.54) is 60.8 Å². The maximum absolute atomic E-state index is 13.3. The number of sulfonamides is 1. The normalized spacial score (nSPS) is 12.0. The Kier molecular flexibility index (Phi) is 7.55. The number of nitrogens with one attached hydrogen (secondary N) is 1. The first kappa shape index (κ1) is 24.1. The average molecular weight is 473 g/mol. The molecule has 0 aliphatic rings. The topological polar surface area (TPSA) is 84.9 Å². The van der Waals surface area contributed by atoms with Crippen LogP contribution in [0.1, 0.15) is 13.8 Å². The summed E-state index contributed by atoms with van der Waals surface area (Å²) >= 11 is 0. The number of ether oxygens (including phenoxy) is 2. The molecule has 0 aliphatic heterocycles. The molecule has 0 aliphatic carbocycles. The highest BCUT2D eigenvalue weighted by Gasteiger charge is 2.25. The number of methoxy groups -OCH3 is 1. The first-order chi connectivity index (χ1) is 15.8. The number of anilines is 2. The van der Waals surface area contributed by atoms with E-state index in [-0.39, 0.29) is 17.1 Å². The largest absolute Gasteiger partial charge is 0.495 e. The van der Waals surface area contributed by atoms with Crippen molar-refractivity contribution in [2.75, 3.05) is 23.3 Å². The Balaban J connectivity index is 1.85. The van der Waals surface area contributed by atoms with Gasteiger partial charge in [0.05, 0.1) is 23.4 Å². The highest BCUT2D eigenvalue weighted by molar-refractivity contribution is 7.92. The zero-order valence-electron chi connectivity index (χ0n) is 18.5. The second-order valence-electron chi connectivity index (χ2n) is 7.07. The number of carbonyl (C=O) groups excluding carboxylic acids is 1. The molecule has 1 unspecified atom stereocenters. The van der Waals surface area contributed by atoms with E-state index in [4.69, 9.17) is 9.47 Å². The SMILES string of the molecule is CCN(c1ccccc1)S(=O)(=O)c1ccc(OC)c(NC(=O)C(C)Oc2ccc(F)cc2)c1. The molecule has 0 aromatic heterocycles. The van der Waals surface area contributed by atoms with Gasteiger partial charge < -0.3 is 14.8 Å². The minimum Gasteiger partial charge on any atom is -0.495 e. The summed E-state index contributed by atoms with van der Waals surface area (Å²) in [5.74, 6) is -0.329. The van der Waals surface area contributed by atoms with E-state index < -0.39 is 27.9 Å². The third kappa shape index (κ3) is 5.61.